The van der Waals surface area contributed by atoms with E-state index < -0.39 is 5.97 Å². The standard InChI is InChI=1S/C13H13N3O3S/c1-2-11-14-13(16-15-11)20-10(12(18)19)7-8-4-3-5-9(17)6-8/h3-7,17H,2H2,1H3,(H,18,19)(H,14,15,16)/b10-7-. The molecule has 0 radical (unpaired) electrons. The number of carboxylic acid groups (broad SMARTS) is 1. The zero-order valence-electron chi connectivity index (χ0n) is 10.7. The van der Waals surface area contributed by atoms with Gasteiger partial charge in [-0.25, -0.2) is 9.78 Å². The molecule has 0 bridgehead atoms. The Kier molecular flexibility index (Phi) is 4.41. The van der Waals surface area contributed by atoms with E-state index >= 15 is 0 Å². The first-order valence-electron chi connectivity index (χ1n) is 5.91. The van der Waals surface area contributed by atoms with Gasteiger partial charge >= 0.3 is 5.97 Å². The molecule has 6 nitrogen and oxygen atoms in total. The maximum atomic E-state index is 11.3. The number of phenolic OH excluding ortho intramolecular Hbond substituents is 1. The van der Waals surface area contributed by atoms with Gasteiger partial charge in [-0.2, -0.15) is 0 Å². The summed E-state index contributed by atoms with van der Waals surface area (Å²) in [5.74, 6) is -0.282. The number of aromatic amines is 1. The van der Waals surface area contributed by atoms with Crippen LogP contribution in [0.1, 0.15) is 18.3 Å². The molecule has 1 aromatic heterocycles. The summed E-state index contributed by atoms with van der Waals surface area (Å²) < 4.78 is 0. The van der Waals surface area contributed by atoms with E-state index in [0.717, 1.165) is 11.8 Å². The molecule has 2 aromatic rings. The van der Waals surface area contributed by atoms with Crippen molar-refractivity contribution in [2.75, 3.05) is 0 Å². The van der Waals surface area contributed by atoms with Crippen LogP contribution in [0.25, 0.3) is 6.08 Å². The average Bonchev–Trinajstić information content (AvgIpc) is 2.85. The number of aryl methyl sites for hydroxylation is 1. The molecule has 0 aliphatic rings. The first-order valence-corrected chi connectivity index (χ1v) is 6.73. The molecule has 0 spiro atoms. The average molecular weight is 291 g/mol. The lowest BCUT2D eigenvalue weighted by Crippen LogP contribution is -1.97. The Balaban J connectivity index is 2.25. The molecular weight excluding hydrogens is 278 g/mol. The minimum atomic E-state index is -1.07. The molecule has 7 heteroatoms. The highest BCUT2D eigenvalue weighted by Crippen LogP contribution is 2.26. The number of aromatic nitrogens is 3. The van der Waals surface area contributed by atoms with Gasteiger partial charge in [0.05, 0.1) is 0 Å². The third-order valence-electron chi connectivity index (χ3n) is 2.43. The van der Waals surface area contributed by atoms with E-state index in [4.69, 9.17) is 0 Å². The summed E-state index contributed by atoms with van der Waals surface area (Å²) in [4.78, 5) is 15.5. The lowest BCUT2D eigenvalue weighted by molar-refractivity contribution is -0.131. The van der Waals surface area contributed by atoms with Gasteiger partial charge in [-0.1, -0.05) is 19.1 Å². The van der Waals surface area contributed by atoms with Gasteiger partial charge in [0.2, 0.25) is 5.16 Å². The first kappa shape index (κ1) is 14.1. The van der Waals surface area contributed by atoms with Gasteiger partial charge < -0.3 is 10.2 Å². The van der Waals surface area contributed by atoms with Crippen molar-refractivity contribution in [2.24, 2.45) is 0 Å². The fourth-order valence-electron chi connectivity index (χ4n) is 1.48. The van der Waals surface area contributed by atoms with Crippen molar-refractivity contribution in [3.05, 3.63) is 40.6 Å². The molecule has 0 aliphatic heterocycles. The smallest absolute Gasteiger partial charge is 0.342 e. The summed E-state index contributed by atoms with van der Waals surface area (Å²) in [6, 6.07) is 6.36. The molecule has 2 rings (SSSR count). The van der Waals surface area contributed by atoms with E-state index in [1.807, 2.05) is 6.92 Å². The molecule has 0 fully saturated rings. The molecule has 0 saturated heterocycles. The molecule has 0 saturated carbocycles. The Labute approximate surface area is 119 Å². The number of carbonyl (C=O) groups is 1. The summed E-state index contributed by atoms with van der Waals surface area (Å²) >= 11 is 0.960. The topological polar surface area (TPSA) is 99.1 Å². The van der Waals surface area contributed by atoms with Gasteiger partial charge in [-0.15, -0.1) is 5.10 Å². The predicted molar refractivity (Wildman–Crippen MR) is 75.3 cm³/mol. The van der Waals surface area contributed by atoms with E-state index in [2.05, 4.69) is 15.2 Å². The minimum Gasteiger partial charge on any atom is -0.508 e. The van der Waals surface area contributed by atoms with E-state index in [1.54, 1.807) is 12.1 Å². The summed E-state index contributed by atoms with van der Waals surface area (Å²) in [6.45, 7) is 1.93. The summed E-state index contributed by atoms with van der Waals surface area (Å²) in [5.41, 5.74) is 0.598. The number of aromatic hydroxyl groups is 1. The van der Waals surface area contributed by atoms with Crippen LogP contribution in [0.15, 0.2) is 34.3 Å². The highest BCUT2D eigenvalue weighted by molar-refractivity contribution is 8.04. The van der Waals surface area contributed by atoms with Gasteiger partial charge in [-0.05, 0) is 35.5 Å². The number of hydrogen-bond donors (Lipinski definition) is 3. The highest BCUT2D eigenvalue weighted by atomic mass is 32.2. The van der Waals surface area contributed by atoms with Crippen molar-refractivity contribution >= 4 is 23.8 Å². The van der Waals surface area contributed by atoms with Crippen molar-refractivity contribution in [3.63, 3.8) is 0 Å². The maximum absolute atomic E-state index is 11.3. The van der Waals surface area contributed by atoms with Crippen LogP contribution in [0.5, 0.6) is 5.75 Å². The SMILES string of the molecule is CCc1nc(S/C(=C\c2cccc(O)c2)C(=O)O)n[nH]1. The van der Waals surface area contributed by atoms with Crippen LogP contribution >= 0.6 is 11.8 Å². The number of thioether (sulfide) groups is 1. The van der Waals surface area contributed by atoms with E-state index in [-0.39, 0.29) is 10.7 Å². The molecule has 0 amide bonds. The van der Waals surface area contributed by atoms with E-state index in [0.29, 0.717) is 23.0 Å². The second kappa shape index (κ2) is 6.25. The second-order valence-electron chi connectivity index (χ2n) is 3.93. The van der Waals surface area contributed by atoms with Crippen LogP contribution in [0.2, 0.25) is 0 Å². The zero-order valence-corrected chi connectivity index (χ0v) is 11.5. The Bertz CT molecular complexity index is 652. The van der Waals surface area contributed by atoms with E-state index in [1.165, 1.54) is 18.2 Å². The maximum Gasteiger partial charge on any atom is 0.342 e. The number of nitrogens with one attached hydrogen (secondary N) is 1. The minimum absolute atomic E-state index is 0.0808. The lowest BCUT2D eigenvalue weighted by atomic mass is 10.2. The van der Waals surface area contributed by atoms with Gasteiger partial charge in [0.1, 0.15) is 16.5 Å². The number of rotatable bonds is 5. The van der Waals surface area contributed by atoms with Gasteiger partial charge in [0.25, 0.3) is 0 Å². The molecule has 0 atom stereocenters. The summed E-state index contributed by atoms with van der Waals surface area (Å²) in [6.07, 6.45) is 2.17. The van der Waals surface area contributed by atoms with Crippen LogP contribution < -0.4 is 0 Å². The van der Waals surface area contributed by atoms with Crippen molar-refractivity contribution in [1.29, 1.82) is 0 Å². The fraction of sp³-hybridized carbons (Fsp3) is 0.154. The first-order chi connectivity index (χ1) is 9.58. The molecule has 0 aliphatic carbocycles. The van der Waals surface area contributed by atoms with Crippen LogP contribution in [-0.4, -0.2) is 31.4 Å². The quantitative estimate of drug-likeness (QED) is 0.577. The van der Waals surface area contributed by atoms with Gasteiger partial charge in [-0.3, -0.25) is 5.10 Å². The molecule has 3 N–H and O–H groups in total. The normalized spacial score (nSPS) is 11.6. The van der Waals surface area contributed by atoms with Crippen LogP contribution in [-0.2, 0) is 11.2 Å². The number of benzene rings is 1. The Hall–Kier alpha value is -2.28. The fourth-order valence-corrected chi connectivity index (χ4v) is 2.21. The third kappa shape index (κ3) is 3.61. The molecule has 0 unspecified atom stereocenters. The van der Waals surface area contributed by atoms with Crippen LogP contribution in [0.3, 0.4) is 0 Å². The molecule has 20 heavy (non-hydrogen) atoms. The number of phenols is 1. The Morgan fingerprint density at radius 3 is 2.90 bits per heavy atom. The Morgan fingerprint density at radius 2 is 2.30 bits per heavy atom. The van der Waals surface area contributed by atoms with Crippen LogP contribution in [0.4, 0.5) is 0 Å². The number of hydrogen-bond acceptors (Lipinski definition) is 5. The van der Waals surface area contributed by atoms with Crippen molar-refractivity contribution < 1.29 is 15.0 Å². The summed E-state index contributed by atoms with van der Waals surface area (Å²) in [7, 11) is 0. The molecular formula is C13H13N3O3S. The predicted octanol–water partition coefficient (Wildman–Crippen LogP) is 2.29. The number of carboxylic acids is 1. The van der Waals surface area contributed by atoms with Crippen molar-refractivity contribution in [3.8, 4) is 5.75 Å². The number of aliphatic carboxylic acids is 1. The lowest BCUT2D eigenvalue weighted by Gasteiger charge is -2.00. The van der Waals surface area contributed by atoms with Gasteiger partial charge in [0, 0.05) is 6.42 Å². The molecule has 1 heterocycles. The number of H-pyrrole nitrogens is 1. The van der Waals surface area contributed by atoms with Crippen molar-refractivity contribution in [1.82, 2.24) is 15.2 Å². The third-order valence-corrected chi connectivity index (χ3v) is 3.30. The Morgan fingerprint density at radius 1 is 1.50 bits per heavy atom. The number of nitrogens with zero attached hydrogens (tertiary/aromatic N) is 2. The van der Waals surface area contributed by atoms with Crippen molar-refractivity contribution in [2.45, 2.75) is 18.5 Å². The monoisotopic (exact) mass is 291 g/mol. The molecule has 104 valence electrons. The van der Waals surface area contributed by atoms with Crippen LogP contribution in [0, 0.1) is 0 Å². The largest absolute Gasteiger partial charge is 0.508 e. The zero-order chi connectivity index (χ0) is 14.5. The molecule has 1 aromatic carbocycles. The van der Waals surface area contributed by atoms with E-state index in [9.17, 15) is 15.0 Å². The highest BCUT2D eigenvalue weighted by Gasteiger charge is 2.13. The van der Waals surface area contributed by atoms with Gasteiger partial charge in [0.15, 0.2) is 0 Å². The second-order valence-corrected chi connectivity index (χ2v) is 4.94. The summed E-state index contributed by atoms with van der Waals surface area (Å²) in [5, 5.41) is 25.6.